The molecule has 1 aliphatic rings. The molecule has 1 aliphatic heterocycles. The van der Waals surface area contributed by atoms with Crippen LogP contribution < -0.4 is 0 Å². The summed E-state index contributed by atoms with van der Waals surface area (Å²) in [4.78, 5) is 14.0. The third-order valence-electron chi connectivity index (χ3n) is 4.28. The molecule has 0 unspecified atom stereocenters. The Morgan fingerprint density at radius 1 is 1.29 bits per heavy atom. The van der Waals surface area contributed by atoms with Gasteiger partial charge in [-0.2, -0.15) is 0 Å². The Morgan fingerprint density at radius 2 is 2.04 bits per heavy atom. The van der Waals surface area contributed by atoms with Crippen molar-refractivity contribution in [3.05, 3.63) is 47.8 Å². The van der Waals surface area contributed by atoms with Gasteiger partial charge in [0.05, 0.1) is 11.7 Å². The molecule has 1 amide bonds. The van der Waals surface area contributed by atoms with E-state index in [4.69, 9.17) is 4.74 Å². The number of hydrogen-bond donors (Lipinski definition) is 0. The molecule has 1 fully saturated rings. The molecule has 1 atom stereocenters. The fourth-order valence-electron chi connectivity index (χ4n) is 2.73. The SMILES string of the molecule is CC(C)(C)c1cn([C@@H]2CCN(C(=O)OCc3ccccc3)C2)nn1. The van der Waals surface area contributed by atoms with Crippen molar-refractivity contribution in [3.63, 3.8) is 0 Å². The summed E-state index contributed by atoms with van der Waals surface area (Å²) in [5, 5.41) is 8.50. The Morgan fingerprint density at radius 3 is 2.71 bits per heavy atom. The lowest BCUT2D eigenvalue weighted by Gasteiger charge is -2.16. The summed E-state index contributed by atoms with van der Waals surface area (Å²) in [6.45, 7) is 7.94. The normalized spacial score (nSPS) is 18.0. The Hall–Kier alpha value is -2.37. The number of carbonyl (C=O) groups is 1. The molecule has 0 bridgehead atoms. The first kappa shape index (κ1) is 16.5. The van der Waals surface area contributed by atoms with E-state index in [9.17, 15) is 4.79 Å². The quantitative estimate of drug-likeness (QED) is 0.868. The van der Waals surface area contributed by atoms with E-state index >= 15 is 0 Å². The fourth-order valence-corrected chi connectivity index (χ4v) is 2.73. The van der Waals surface area contributed by atoms with Crippen LogP contribution in [0.3, 0.4) is 0 Å². The summed E-state index contributed by atoms with van der Waals surface area (Å²) in [5.74, 6) is 0. The molecule has 0 radical (unpaired) electrons. The van der Waals surface area contributed by atoms with Crippen LogP contribution in [0.1, 0.15) is 44.5 Å². The maximum atomic E-state index is 12.2. The number of hydrogen-bond acceptors (Lipinski definition) is 4. The van der Waals surface area contributed by atoms with E-state index in [2.05, 4.69) is 31.1 Å². The summed E-state index contributed by atoms with van der Waals surface area (Å²) in [6.07, 6.45) is 2.59. The molecule has 3 rings (SSSR count). The first-order valence-electron chi connectivity index (χ1n) is 8.31. The van der Waals surface area contributed by atoms with E-state index < -0.39 is 0 Å². The molecule has 2 aromatic rings. The summed E-state index contributed by atoms with van der Waals surface area (Å²) >= 11 is 0. The molecule has 0 spiro atoms. The van der Waals surface area contributed by atoms with Crippen molar-refractivity contribution >= 4 is 6.09 Å². The monoisotopic (exact) mass is 328 g/mol. The van der Waals surface area contributed by atoms with Crippen LogP contribution in [0.2, 0.25) is 0 Å². The number of benzene rings is 1. The van der Waals surface area contributed by atoms with Gasteiger partial charge in [-0.3, -0.25) is 0 Å². The van der Waals surface area contributed by atoms with E-state index in [-0.39, 0.29) is 17.6 Å². The predicted molar refractivity (Wildman–Crippen MR) is 90.6 cm³/mol. The number of carbonyl (C=O) groups excluding carboxylic acids is 1. The molecular weight excluding hydrogens is 304 g/mol. The second kappa shape index (κ2) is 6.63. The van der Waals surface area contributed by atoms with Crippen LogP contribution in [0.5, 0.6) is 0 Å². The maximum Gasteiger partial charge on any atom is 0.410 e. The van der Waals surface area contributed by atoms with Gasteiger partial charge in [0.2, 0.25) is 0 Å². The Kier molecular flexibility index (Phi) is 4.55. The van der Waals surface area contributed by atoms with Crippen LogP contribution >= 0.6 is 0 Å². The smallest absolute Gasteiger partial charge is 0.410 e. The third-order valence-corrected chi connectivity index (χ3v) is 4.28. The van der Waals surface area contributed by atoms with Crippen LogP contribution in [0.4, 0.5) is 4.79 Å². The van der Waals surface area contributed by atoms with Gasteiger partial charge in [0, 0.05) is 24.7 Å². The number of ether oxygens (including phenoxy) is 1. The number of aromatic nitrogens is 3. The van der Waals surface area contributed by atoms with Crippen molar-refractivity contribution in [2.45, 2.75) is 45.3 Å². The lowest BCUT2D eigenvalue weighted by molar-refractivity contribution is 0.103. The molecule has 2 heterocycles. The Balaban J connectivity index is 1.55. The van der Waals surface area contributed by atoms with Crippen molar-refractivity contribution in [2.24, 2.45) is 0 Å². The first-order chi connectivity index (χ1) is 11.4. The lowest BCUT2D eigenvalue weighted by atomic mass is 9.93. The van der Waals surface area contributed by atoms with Gasteiger partial charge in [-0.1, -0.05) is 56.3 Å². The van der Waals surface area contributed by atoms with Crippen LogP contribution in [0, 0.1) is 0 Å². The van der Waals surface area contributed by atoms with Gasteiger partial charge in [-0.25, -0.2) is 9.48 Å². The summed E-state index contributed by atoms with van der Waals surface area (Å²) in [6, 6.07) is 9.88. The fraction of sp³-hybridized carbons (Fsp3) is 0.500. The molecule has 0 saturated carbocycles. The Bertz CT molecular complexity index is 691. The summed E-state index contributed by atoms with van der Waals surface area (Å²) < 4.78 is 7.28. The van der Waals surface area contributed by atoms with Gasteiger partial charge < -0.3 is 9.64 Å². The number of amides is 1. The number of nitrogens with zero attached hydrogens (tertiary/aromatic N) is 4. The number of likely N-dealkylation sites (tertiary alicyclic amines) is 1. The van der Waals surface area contributed by atoms with E-state index in [0.29, 0.717) is 19.7 Å². The van der Waals surface area contributed by atoms with Gasteiger partial charge in [-0.05, 0) is 12.0 Å². The van der Waals surface area contributed by atoms with E-state index in [1.54, 1.807) is 4.90 Å². The predicted octanol–water partition coefficient (Wildman–Crippen LogP) is 3.16. The first-order valence-corrected chi connectivity index (χ1v) is 8.31. The molecule has 0 aliphatic carbocycles. The standard InChI is InChI=1S/C18H24N4O2/c1-18(2,3)16-12-22(20-19-16)15-9-10-21(11-15)17(23)24-13-14-7-5-4-6-8-14/h4-8,12,15H,9-11,13H2,1-3H3/t15-/m1/s1. The topological polar surface area (TPSA) is 60.2 Å². The molecular formula is C18H24N4O2. The average Bonchev–Trinajstić information content (AvgIpc) is 3.21. The molecule has 0 N–H and O–H groups in total. The highest BCUT2D eigenvalue weighted by molar-refractivity contribution is 5.68. The largest absolute Gasteiger partial charge is 0.445 e. The van der Waals surface area contributed by atoms with Gasteiger partial charge in [0.25, 0.3) is 0 Å². The highest BCUT2D eigenvalue weighted by atomic mass is 16.6. The molecule has 6 nitrogen and oxygen atoms in total. The lowest BCUT2D eigenvalue weighted by Crippen LogP contribution is -2.29. The molecule has 24 heavy (non-hydrogen) atoms. The van der Waals surface area contributed by atoms with Gasteiger partial charge in [0.15, 0.2) is 0 Å². The van der Waals surface area contributed by atoms with Gasteiger partial charge >= 0.3 is 6.09 Å². The van der Waals surface area contributed by atoms with E-state index in [1.165, 1.54) is 0 Å². The van der Waals surface area contributed by atoms with Crippen LogP contribution in [0.15, 0.2) is 36.5 Å². The van der Waals surface area contributed by atoms with Crippen LogP contribution in [-0.2, 0) is 16.8 Å². The van der Waals surface area contributed by atoms with Crippen molar-refractivity contribution in [3.8, 4) is 0 Å². The van der Waals surface area contributed by atoms with Gasteiger partial charge in [-0.15, -0.1) is 5.10 Å². The summed E-state index contributed by atoms with van der Waals surface area (Å²) in [7, 11) is 0. The highest BCUT2D eigenvalue weighted by Gasteiger charge is 2.30. The average molecular weight is 328 g/mol. The van der Waals surface area contributed by atoms with E-state index in [0.717, 1.165) is 17.7 Å². The maximum absolute atomic E-state index is 12.2. The zero-order chi connectivity index (χ0) is 17.2. The Labute approximate surface area is 142 Å². The third kappa shape index (κ3) is 3.75. The van der Waals surface area contributed by atoms with E-state index in [1.807, 2.05) is 41.2 Å². The minimum atomic E-state index is -0.266. The summed E-state index contributed by atoms with van der Waals surface area (Å²) in [5.41, 5.74) is 1.94. The molecule has 1 aromatic carbocycles. The molecule has 128 valence electrons. The zero-order valence-electron chi connectivity index (χ0n) is 14.5. The van der Waals surface area contributed by atoms with Crippen molar-refractivity contribution in [1.29, 1.82) is 0 Å². The minimum absolute atomic E-state index is 0.0227. The van der Waals surface area contributed by atoms with Crippen LogP contribution in [0.25, 0.3) is 0 Å². The molecule has 1 saturated heterocycles. The number of rotatable bonds is 3. The van der Waals surface area contributed by atoms with Crippen molar-refractivity contribution in [2.75, 3.05) is 13.1 Å². The highest BCUT2D eigenvalue weighted by Crippen LogP contribution is 2.25. The second-order valence-electron chi connectivity index (χ2n) is 7.26. The molecule has 6 heteroatoms. The van der Waals surface area contributed by atoms with Crippen molar-refractivity contribution < 1.29 is 9.53 Å². The zero-order valence-corrected chi connectivity index (χ0v) is 14.5. The van der Waals surface area contributed by atoms with Gasteiger partial charge in [0.1, 0.15) is 6.61 Å². The van der Waals surface area contributed by atoms with Crippen LogP contribution in [-0.4, -0.2) is 39.1 Å². The minimum Gasteiger partial charge on any atom is -0.445 e. The van der Waals surface area contributed by atoms with Crippen molar-refractivity contribution in [1.82, 2.24) is 19.9 Å². The second-order valence-corrected chi connectivity index (χ2v) is 7.26. The molecule has 1 aromatic heterocycles.